The molecule has 4 rings (SSSR count). The SMILES string of the molecule is CC(=O)/C(COc1cc2c(cn1)CN(C(=O)C1CC(=O)N(C)C1)CC2)=C(\N)c1ccc(C)nc1. The summed E-state index contributed by atoms with van der Waals surface area (Å²) in [6.45, 7) is 4.84. The lowest BCUT2D eigenvalue weighted by molar-refractivity contribution is -0.136. The lowest BCUT2D eigenvalue weighted by Crippen LogP contribution is -2.40. The van der Waals surface area contributed by atoms with E-state index in [-0.39, 0.29) is 36.5 Å². The van der Waals surface area contributed by atoms with Crippen molar-refractivity contribution in [2.24, 2.45) is 11.7 Å². The second-order valence-electron chi connectivity index (χ2n) is 8.90. The smallest absolute Gasteiger partial charge is 0.228 e. The first-order valence-electron chi connectivity index (χ1n) is 11.3. The predicted octanol–water partition coefficient (Wildman–Crippen LogP) is 1.49. The number of carbonyl (C=O) groups excluding carboxylic acids is 3. The van der Waals surface area contributed by atoms with Crippen molar-refractivity contribution >= 4 is 23.3 Å². The molecule has 9 heteroatoms. The zero-order chi connectivity index (χ0) is 24.4. The Kier molecular flexibility index (Phi) is 6.63. The number of aryl methyl sites for hydroxylation is 1. The minimum atomic E-state index is -0.277. The fourth-order valence-electron chi connectivity index (χ4n) is 4.29. The van der Waals surface area contributed by atoms with Crippen LogP contribution in [0.15, 0.2) is 36.2 Å². The fraction of sp³-hybridized carbons (Fsp3) is 0.400. The molecule has 2 amide bonds. The van der Waals surface area contributed by atoms with Gasteiger partial charge in [-0.05, 0) is 43.5 Å². The van der Waals surface area contributed by atoms with Crippen LogP contribution in [0.25, 0.3) is 5.70 Å². The van der Waals surface area contributed by atoms with Crippen molar-refractivity contribution in [2.75, 3.05) is 26.7 Å². The summed E-state index contributed by atoms with van der Waals surface area (Å²) in [4.78, 5) is 48.9. The molecule has 2 N–H and O–H groups in total. The van der Waals surface area contributed by atoms with Crippen molar-refractivity contribution in [1.82, 2.24) is 19.8 Å². The van der Waals surface area contributed by atoms with Gasteiger partial charge in [0, 0.05) is 62.8 Å². The summed E-state index contributed by atoms with van der Waals surface area (Å²) in [6, 6.07) is 5.51. The normalized spacial score (nSPS) is 18.4. The van der Waals surface area contributed by atoms with E-state index in [1.54, 1.807) is 29.2 Å². The van der Waals surface area contributed by atoms with Gasteiger partial charge < -0.3 is 20.3 Å². The van der Waals surface area contributed by atoms with Gasteiger partial charge in [0.15, 0.2) is 5.78 Å². The first kappa shape index (κ1) is 23.4. The number of likely N-dealkylation sites (tertiary alicyclic amines) is 1. The van der Waals surface area contributed by atoms with Crippen molar-refractivity contribution in [3.8, 4) is 5.88 Å². The molecule has 178 valence electrons. The van der Waals surface area contributed by atoms with Crippen LogP contribution in [0.1, 0.15) is 35.7 Å². The molecule has 4 heterocycles. The second kappa shape index (κ2) is 9.62. The zero-order valence-corrected chi connectivity index (χ0v) is 19.7. The van der Waals surface area contributed by atoms with Gasteiger partial charge in [0.1, 0.15) is 6.61 Å². The van der Waals surface area contributed by atoms with E-state index >= 15 is 0 Å². The van der Waals surface area contributed by atoms with Crippen LogP contribution in [0, 0.1) is 12.8 Å². The molecule has 0 radical (unpaired) electrons. The number of nitrogens with two attached hydrogens (primary N) is 1. The largest absolute Gasteiger partial charge is 0.473 e. The van der Waals surface area contributed by atoms with E-state index in [1.807, 2.05) is 25.1 Å². The highest BCUT2D eigenvalue weighted by Gasteiger charge is 2.35. The van der Waals surface area contributed by atoms with E-state index in [0.717, 1.165) is 16.8 Å². The van der Waals surface area contributed by atoms with E-state index in [0.29, 0.717) is 48.8 Å². The number of rotatable bonds is 6. The molecule has 0 bridgehead atoms. The maximum Gasteiger partial charge on any atom is 0.228 e. The average Bonchev–Trinajstić information content (AvgIpc) is 3.16. The van der Waals surface area contributed by atoms with Crippen LogP contribution >= 0.6 is 0 Å². The van der Waals surface area contributed by atoms with Crippen LogP contribution in [-0.4, -0.2) is 64.1 Å². The van der Waals surface area contributed by atoms with Crippen LogP contribution in [0.2, 0.25) is 0 Å². The Balaban J connectivity index is 1.43. The van der Waals surface area contributed by atoms with Crippen molar-refractivity contribution in [3.05, 3.63) is 58.6 Å². The topological polar surface area (TPSA) is 119 Å². The second-order valence-corrected chi connectivity index (χ2v) is 8.90. The van der Waals surface area contributed by atoms with E-state index in [1.165, 1.54) is 6.92 Å². The van der Waals surface area contributed by atoms with Crippen molar-refractivity contribution in [2.45, 2.75) is 33.2 Å². The fourth-order valence-corrected chi connectivity index (χ4v) is 4.29. The van der Waals surface area contributed by atoms with Crippen LogP contribution in [0.3, 0.4) is 0 Å². The highest BCUT2D eigenvalue weighted by molar-refractivity contribution is 6.00. The third-order valence-corrected chi connectivity index (χ3v) is 6.41. The maximum absolute atomic E-state index is 12.9. The van der Waals surface area contributed by atoms with Crippen LogP contribution in [0.5, 0.6) is 5.88 Å². The van der Waals surface area contributed by atoms with Gasteiger partial charge in [0.25, 0.3) is 0 Å². The number of hydrogen-bond donors (Lipinski definition) is 1. The van der Waals surface area contributed by atoms with E-state index in [9.17, 15) is 14.4 Å². The number of fused-ring (bicyclic) bond motifs is 1. The molecule has 2 aliphatic heterocycles. The highest BCUT2D eigenvalue weighted by atomic mass is 16.5. The van der Waals surface area contributed by atoms with Gasteiger partial charge >= 0.3 is 0 Å². The maximum atomic E-state index is 12.9. The summed E-state index contributed by atoms with van der Waals surface area (Å²) in [6.07, 6.45) is 4.29. The molecule has 1 unspecified atom stereocenters. The molecular weight excluding hydrogens is 434 g/mol. The van der Waals surface area contributed by atoms with E-state index in [2.05, 4.69) is 9.97 Å². The summed E-state index contributed by atoms with van der Waals surface area (Å²) >= 11 is 0. The number of carbonyl (C=O) groups is 3. The van der Waals surface area contributed by atoms with Crippen molar-refractivity contribution in [1.29, 1.82) is 0 Å². The number of ketones is 1. The quantitative estimate of drug-likeness (QED) is 0.645. The number of aromatic nitrogens is 2. The van der Waals surface area contributed by atoms with E-state index < -0.39 is 0 Å². The molecule has 34 heavy (non-hydrogen) atoms. The highest BCUT2D eigenvalue weighted by Crippen LogP contribution is 2.26. The number of hydrogen-bond acceptors (Lipinski definition) is 7. The number of nitrogens with zero attached hydrogens (tertiary/aromatic N) is 4. The summed E-state index contributed by atoms with van der Waals surface area (Å²) in [5.41, 5.74) is 10.5. The molecule has 1 saturated heterocycles. The summed E-state index contributed by atoms with van der Waals surface area (Å²) < 4.78 is 5.83. The Morgan fingerprint density at radius 1 is 1.21 bits per heavy atom. The van der Waals surface area contributed by atoms with Crippen LogP contribution < -0.4 is 10.5 Å². The molecule has 1 atom stereocenters. The molecule has 1 fully saturated rings. The lowest BCUT2D eigenvalue weighted by Gasteiger charge is -2.30. The van der Waals surface area contributed by atoms with Gasteiger partial charge in [-0.2, -0.15) is 0 Å². The van der Waals surface area contributed by atoms with Crippen molar-refractivity contribution in [3.63, 3.8) is 0 Å². The standard InChI is InChI=1S/C25H29N5O4/c1-15-4-5-18(10-27-15)24(26)21(16(2)31)14-34-22-8-17-6-7-30(13-20(17)11-28-22)25(33)19-9-23(32)29(3)12-19/h4-5,8,10-11,19H,6-7,9,12-14,26H2,1-3H3/b24-21-. The van der Waals surface area contributed by atoms with Gasteiger partial charge in [-0.3, -0.25) is 19.4 Å². The molecular formula is C25H29N5O4. The summed E-state index contributed by atoms with van der Waals surface area (Å²) in [7, 11) is 1.73. The summed E-state index contributed by atoms with van der Waals surface area (Å²) in [5.74, 6) is -0.0320. The first-order valence-corrected chi connectivity index (χ1v) is 11.3. The van der Waals surface area contributed by atoms with Gasteiger partial charge in [0.2, 0.25) is 17.7 Å². The molecule has 0 aromatic carbocycles. The molecule has 9 nitrogen and oxygen atoms in total. The minimum absolute atomic E-state index is 0.00529. The minimum Gasteiger partial charge on any atom is -0.473 e. The third-order valence-electron chi connectivity index (χ3n) is 6.41. The number of pyridine rings is 2. The Hall–Kier alpha value is -3.75. The zero-order valence-electron chi connectivity index (χ0n) is 19.7. The van der Waals surface area contributed by atoms with Crippen LogP contribution in [-0.2, 0) is 27.3 Å². The molecule has 0 aliphatic carbocycles. The number of Topliss-reactive ketones (excluding diaryl/α,β-unsaturated/α-hetero) is 1. The Bertz CT molecular complexity index is 1160. The van der Waals surface area contributed by atoms with Gasteiger partial charge in [-0.25, -0.2) is 4.98 Å². The molecule has 0 spiro atoms. The Labute approximate surface area is 198 Å². The average molecular weight is 464 g/mol. The number of ether oxygens (including phenoxy) is 1. The van der Waals surface area contributed by atoms with Gasteiger partial charge in [-0.1, -0.05) is 0 Å². The summed E-state index contributed by atoms with van der Waals surface area (Å²) in [5, 5.41) is 0. The third kappa shape index (κ3) is 4.93. The molecule has 0 saturated carbocycles. The van der Waals surface area contributed by atoms with Gasteiger partial charge in [-0.15, -0.1) is 0 Å². The predicted molar refractivity (Wildman–Crippen MR) is 125 cm³/mol. The van der Waals surface area contributed by atoms with Crippen LogP contribution in [0.4, 0.5) is 0 Å². The van der Waals surface area contributed by atoms with Crippen molar-refractivity contribution < 1.29 is 19.1 Å². The molecule has 2 aliphatic rings. The van der Waals surface area contributed by atoms with E-state index in [4.69, 9.17) is 10.5 Å². The number of amides is 2. The Morgan fingerprint density at radius 3 is 2.65 bits per heavy atom. The molecule has 2 aromatic heterocycles. The Morgan fingerprint density at radius 2 is 2.00 bits per heavy atom. The lowest BCUT2D eigenvalue weighted by atomic mass is 9.99. The molecule has 2 aromatic rings. The van der Waals surface area contributed by atoms with Gasteiger partial charge in [0.05, 0.1) is 17.2 Å². The monoisotopic (exact) mass is 463 g/mol. The first-order chi connectivity index (χ1) is 16.2.